The molecule has 2 aromatic heterocycles. The largest absolute Gasteiger partial charge is 0.586 e. The van der Waals surface area contributed by atoms with E-state index in [-0.39, 0.29) is 17.5 Å². The molecule has 0 saturated carbocycles. The molecule has 134 valence electrons. The number of nitrogens with two attached hydrogens (primary N) is 1. The molecule has 5 nitrogen and oxygen atoms in total. The first-order valence-corrected chi connectivity index (χ1v) is 8.59. The number of aromatic nitrogens is 2. The first kappa shape index (κ1) is 15.6. The van der Waals surface area contributed by atoms with E-state index in [0.29, 0.717) is 6.54 Å². The van der Waals surface area contributed by atoms with Crippen molar-refractivity contribution in [3.8, 4) is 11.5 Å². The number of fused-ring (bicyclic) bond motifs is 4. The van der Waals surface area contributed by atoms with E-state index < -0.39 is 6.29 Å². The normalized spacial score (nSPS) is 20.3. The molecule has 5 rings (SSSR count). The van der Waals surface area contributed by atoms with E-state index in [1.54, 1.807) is 18.3 Å². The Morgan fingerprint density at radius 1 is 1.23 bits per heavy atom. The lowest BCUT2D eigenvalue weighted by molar-refractivity contribution is -0.286. The molecule has 0 radical (unpaired) electrons. The van der Waals surface area contributed by atoms with Crippen molar-refractivity contribution in [1.82, 2.24) is 9.55 Å². The quantitative estimate of drug-likeness (QED) is 0.765. The Balaban J connectivity index is 1.70. The molecule has 3 aromatic rings. The molecule has 1 aliphatic heterocycles. The zero-order chi connectivity index (χ0) is 17.9. The highest BCUT2D eigenvalue weighted by molar-refractivity contribution is 5.89. The highest BCUT2D eigenvalue weighted by Gasteiger charge is 2.44. The van der Waals surface area contributed by atoms with Gasteiger partial charge in [-0.15, -0.1) is 8.78 Å². The van der Waals surface area contributed by atoms with Gasteiger partial charge in [0.2, 0.25) is 0 Å². The van der Waals surface area contributed by atoms with Crippen molar-refractivity contribution in [2.45, 2.75) is 38.1 Å². The van der Waals surface area contributed by atoms with Crippen LogP contribution in [-0.4, -0.2) is 21.9 Å². The third-order valence-electron chi connectivity index (χ3n) is 5.07. The predicted molar refractivity (Wildman–Crippen MR) is 91.5 cm³/mol. The van der Waals surface area contributed by atoms with Crippen molar-refractivity contribution in [3.63, 3.8) is 0 Å². The molecule has 1 unspecified atom stereocenters. The third kappa shape index (κ3) is 2.42. The molecule has 1 aliphatic carbocycles. The summed E-state index contributed by atoms with van der Waals surface area (Å²) in [6.07, 6.45) is 0.593. The second-order valence-corrected chi connectivity index (χ2v) is 6.82. The SMILES string of the molecule is NC1CCc2c(c3cc4c(cc3n2Cc2ccccn2)OC(F)(F)O4)C1. The number of pyridine rings is 1. The summed E-state index contributed by atoms with van der Waals surface area (Å²) in [5, 5.41) is 0.895. The number of nitrogens with zero attached hydrogens (tertiary/aromatic N) is 2. The third-order valence-corrected chi connectivity index (χ3v) is 5.07. The molecule has 2 N–H and O–H groups in total. The van der Waals surface area contributed by atoms with Crippen LogP contribution in [0.1, 0.15) is 23.4 Å². The van der Waals surface area contributed by atoms with E-state index in [2.05, 4.69) is 19.0 Å². The molecule has 0 fully saturated rings. The molecule has 0 amide bonds. The summed E-state index contributed by atoms with van der Waals surface area (Å²) < 4.78 is 38.4. The Bertz CT molecular complexity index is 1000. The van der Waals surface area contributed by atoms with E-state index in [1.165, 1.54) is 5.69 Å². The summed E-state index contributed by atoms with van der Waals surface area (Å²) >= 11 is 0. The van der Waals surface area contributed by atoms with Gasteiger partial charge in [0.1, 0.15) is 0 Å². The monoisotopic (exact) mass is 357 g/mol. The van der Waals surface area contributed by atoms with Gasteiger partial charge in [-0.3, -0.25) is 4.98 Å². The van der Waals surface area contributed by atoms with E-state index in [4.69, 9.17) is 5.73 Å². The molecule has 0 spiro atoms. The maximum absolute atomic E-state index is 13.5. The minimum absolute atomic E-state index is 0.0592. The summed E-state index contributed by atoms with van der Waals surface area (Å²) in [6.45, 7) is 0.567. The number of hydrogen-bond acceptors (Lipinski definition) is 4. The van der Waals surface area contributed by atoms with Crippen LogP contribution in [0.3, 0.4) is 0 Å². The molecule has 26 heavy (non-hydrogen) atoms. The van der Waals surface area contributed by atoms with Gasteiger partial charge in [-0.25, -0.2) is 0 Å². The van der Waals surface area contributed by atoms with Crippen molar-refractivity contribution in [2.24, 2.45) is 5.73 Å². The van der Waals surface area contributed by atoms with Crippen LogP contribution in [0.4, 0.5) is 8.78 Å². The number of benzene rings is 1. The van der Waals surface area contributed by atoms with Crippen LogP contribution in [0.15, 0.2) is 36.5 Å². The maximum Gasteiger partial charge on any atom is 0.586 e. The highest BCUT2D eigenvalue weighted by Crippen LogP contribution is 2.45. The zero-order valence-corrected chi connectivity index (χ0v) is 13.9. The highest BCUT2D eigenvalue weighted by atomic mass is 19.3. The predicted octanol–water partition coefficient (Wildman–Crippen LogP) is 3.22. The molecule has 0 bridgehead atoms. The Morgan fingerprint density at radius 3 is 2.81 bits per heavy atom. The van der Waals surface area contributed by atoms with E-state index in [9.17, 15) is 8.78 Å². The molecule has 7 heteroatoms. The molecule has 1 atom stereocenters. The van der Waals surface area contributed by atoms with Crippen molar-refractivity contribution >= 4 is 10.9 Å². The number of alkyl halides is 2. The van der Waals surface area contributed by atoms with Gasteiger partial charge in [-0.1, -0.05) is 6.07 Å². The lowest BCUT2D eigenvalue weighted by atomic mass is 9.92. The summed E-state index contributed by atoms with van der Waals surface area (Å²) in [6, 6.07) is 9.12. The van der Waals surface area contributed by atoms with Crippen LogP contribution >= 0.6 is 0 Å². The van der Waals surface area contributed by atoms with Crippen LogP contribution in [-0.2, 0) is 19.4 Å². The van der Waals surface area contributed by atoms with Gasteiger partial charge >= 0.3 is 6.29 Å². The minimum Gasteiger partial charge on any atom is -0.395 e. The first-order chi connectivity index (χ1) is 12.5. The number of hydrogen-bond donors (Lipinski definition) is 1. The van der Waals surface area contributed by atoms with Gasteiger partial charge in [-0.2, -0.15) is 0 Å². The number of rotatable bonds is 2. The zero-order valence-electron chi connectivity index (χ0n) is 13.9. The summed E-state index contributed by atoms with van der Waals surface area (Å²) in [4.78, 5) is 4.40. The Kier molecular flexibility index (Phi) is 3.24. The summed E-state index contributed by atoms with van der Waals surface area (Å²) in [5.41, 5.74) is 10.2. The van der Waals surface area contributed by atoms with E-state index in [0.717, 1.165) is 41.4 Å². The van der Waals surface area contributed by atoms with Gasteiger partial charge in [0.25, 0.3) is 0 Å². The van der Waals surface area contributed by atoms with Crippen LogP contribution in [0.2, 0.25) is 0 Å². The van der Waals surface area contributed by atoms with Crippen molar-refractivity contribution in [2.75, 3.05) is 0 Å². The Labute approximate surface area is 148 Å². The van der Waals surface area contributed by atoms with Gasteiger partial charge < -0.3 is 19.8 Å². The fraction of sp³-hybridized carbons (Fsp3) is 0.316. The fourth-order valence-corrected chi connectivity index (χ4v) is 3.95. The average molecular weight is 357 g/mol. The van der Waals surface area contributed by atoms with Gasteiger partial charge in [-0.05, 0) is 43.0 Å². The van der Waals surface area contributed by atoms with Gasteiger partial charge in [0.15, 0.2) is 11.5 Å². The smallest absolute Gasteiger partial charge is 0.395 e. The molecular formula is C19H17F2N3O2. The van der Waals surface area contributed by atoms with E-state index in [1.807, 2.05) is 18.2 Å². The lowest BCUT2D eigenvalue weighted by Gasteiger charge is -2.20. The number of halogens is 2. The van der Waals surface area contributed by atoms with Crippen LogP contribution in [0.25, 0.3) is 10.9 Å². The second kappa shape index (κ2) is 5.41. The summed E-state index contributed by atoms with van der Waals surface area (Å²) in [5.74, 6) is 0.128. The van der Waals surface area contributed by atoms with Crippen molar-refractivity contribution in [1.29, 1.82) is 0 Å². The molecule has 3 heterocycles. The standard InChI is InChI=1S/C19H17F2N3O2/c20-19(21)25-17-8-14-13-7-11(22)4-5-15(13)24(16(14)9-18(17)26-19)10-12-3-1-2-6-23-12/h1-3,6,8-9,11H,4-5,7,10,22H2. The number of ether oxygens (including phenoxy) is 2. The molecular weight excluding hydrogens is 340 g/mol. The summed E-state index contributed by atoms with van der Waals surface area (Å²) in [7, 11) is 0. The Morgan fingerprint density at radius 2 is 2.04 bits per heavy atom. The van der Waals surface area contributed by atoms with Crippen LogP contribution < -0.4 is 15.2 Å². The Hall–Kier alpha value is -2.67. The second-order valence-electron chi connectivity index (χ2n) is 6.82. The average Bonchev–Trinajstić information content (AvgIpc) is 3.06. The first-order valence-electron chi connectivity index (χ1n) is 8.59. The minimum atomic E-state index is -3.62. The molecule has 2 aliphatic rings. The molecule has 0 saturated heterocycles. The van der Waals surface area contributed by atoms with Crippen LogP contribution in [0, 0.1) is 0 Å². The maximum atomic E-state index is 13.5. The van der Waals surface area contributed by atoms with Crippen molar-refractivity contribution < 1.29 is 18.3 Å². The van der Waals surface area contributed by atoms with Crippen molar-refractivity contribution in [3.05, 3.63) is 53.5 Å². The van der Waals surface area contributed by atoms with Gasteiger partial charge in [0.05, 0.1) is 17.8 Å². The van der Waals surface area contributed by atoms with Gasteiger partial charge in [0, 0.05) is 29.4 Å². The van der Waals surface area contributed by atoms with E-state index >= 15 is 0 Å². The molecule has 1 aromatic carbocycles. The fourth-order valence-electron chi connectivity index (χ4n) is 3.95. The van der Waals surface area contributed by atoms with Crippen LogP contribution in [0.5, 0.6) is 11.5 Å². The lowest BCUT2D eigenvalue weighted by Crippen LogP contribution is -2.28. The topological polar surface area (TPSA) is 62.3 Å².